The van der Waals surface area contributed by atoms with Crippen molar-refractivity contribution < 1.29 is 4.74 Å². The van der Waals surface area contributed by atoms with Crippen LogP contribution in [0.4, 0.5) is 0 Å². The third kappa shape index (κ3) is 2.44. The Labute approximate surface area is 143 Å². The first kappa shape index (κ1) is 15.7. The molecule has 0 aliphatic carbocycles. The molecule has 1 aliphatic rings. The van der Waals surface area contributed by atoms with Gasteiger partial charge in [-0.1, -0.05) is 43.1 Å². The van der Waals surface area contributed by atoms with Crippen LogP contribution in [0.25, 0.3) is 0 Å². The van der Waals surface area contributed by atoms with Gasteiger partial charge >= 0.3 is 0 Å². The van der Waals surface area contributed by atoms with E-state index in [1.54, 1.807) is 18.2 Å². The number of hydrogen-bond donors (Lipinski definition) is 2. The van der Waals surface area contributed by atoms with Crippen LogP contribution in [0.1, 0.15) is 42.5 Å². The van der Waals surface area contributed by atoms with Gasteiger partial charge in [0, 0.05) is 21.3 Å². The molecule has 0 saturated heterocycles. The number of fused-ring (bicyclic) bond motifs is 1. The van der Waals surface area contributed by atoms with Crippen molar-refractivity contribution in [1.82, 2.24) is 10.2 Å². The lowest BCUT2D eigenvalue weighted by molar-refractivity contribution is 0.378. The Morgan fingerprint density at radius 3 is 2.52 bits per heavy atom. The number of H-pyrrole nitrogens is 1. The van der Waals surface area contributed by atoms with Gasteiger partial charge in [-0.25, -0.2) is 0 Å². The molecule has 0 fully saturated rings. The van der Waals surface area contributed by atoms with Crippen LogP contribution >= 0.6 is 23.2 Å². The van der Waals surface area contributed by atoms with Crippen LogP contribution in [0.2, 0.25) is 10.0 Å². The molecule has 1 atom stereocenters. The van der Waals surface area contributed by atoms with Crippen LogP contribution in [0.5, 0.6) is 5.88 Å². The molecule has 2 aromatic rings. The molecule has 118 valence electrons. The molecule has 0 spiro atoms. The number of nitrogens with two attached hydrogens (primary N) is 1. The SMILES string of the molecule is CC(C)c1[nH]nc2c1C(c1c(Cl)cccc1Cl)C(C#N)=C(N)O2. The van der Waals surface area contributed by atoms with E-state index in [9.17, 15) is 5.26 Å². The quantitative estimate of drug-likeness (QED) is 0.856. The van der Waals surface area contributed by atoms with Gasteiger partial charge in [-0.15, -0.1) is 5.10 Å². The Balaban J connectivity index is 2.34. The normalized spacial score (nSPS) is 17.0. The average molecular weight is 349 g/mol. The van der Waals surface area contributed by atoms with Gasteiger partial charge in [-0.3, -0.25) is 5.10 Å². The van der Waals surface area contributed by atoms with E-state index < -0.39 is 5.92 Å². The maximum absolute atomic E-state index is 9.58. The number of aromatic amines is 1. The summed E-state index contributed by atoms with van der Waals surface area (Å²) < 4.78 is 5.50. The molecule has 1 aromatic carbocycles. The highest BCUT2D eigenvalue weighted by Crippen LogP contribution is 2.48. The molecule has 0 amide bonds. The second-order valence-corrected chi connectivity index (χ2v) is 6.39. The third-order valence-corrected chi connectivity index (χ3v) is 4.49. The molecule has 1 unspecified atom stereocenters. The second kappa shape index (κ2) is 5.80. The van der Waals surface area contributed by atoms with Crippen molar-refractivity contribution in [2.75, 3.05) is 0 Å². The number of ether oxygens (including phenoxy) is 1. The summed E-state index contributed by atoms with van der Waals surface area (Å²) in [6.07, 6.45) is 0. The van der Waals surface area contributed by atoms with E-state index in [4.69, 9.17) is 33.7 Å². The van der Waals surface area contributed by atoms with Crippen LogP contribution < -0.4 is 10.5 Å². The van der Waals surface area contributed by atoms with Gasteiger partial charge in [0.05, 0.1) is 11.5 Å². The van der Waals surface area contributed by atoms with Crippen molar-refractivity contribution in [2.45, 2.75) is 25.7 Å². The summed E-state index contributed by atoms with van der Waals surface area (Å²) in [4.78, 5) is 0. The minimum atomic E-state index is -0.513. The van der Waals surface area contributed by atoms with Crippen molar-refractivity contribution in [3.63, 3.8) is 0 Å². The van der Waals surface area contributed by atoms with E-state index in [2.05, 4.69) is 16.3 Å². The highest BCUT2D eigenvalue weighted by Gasteiger charge is 2.37. The van der Waals surface area contributed by atoms with E-state index in [0.717, 1.165) is 11.3 Å². The molecule has 2 heterocycles. The van der Waals surface area contributed by atoms with E-state index >= 15 is 0 Å². The highest BCUT2D eigenvalue weighted by molar-refractivity contribution is 6.36. The molecule has 1 aromatic heterocycles. The van der Waals surface area contributed by atoms with Crippen LogP contribution in [-0.2, 0) is 0 Å². The summed E-state index contributed by atoms with van der Waals surface area (Å²) in [5, 5.41) is 17.7. The molecule has 0 radical (unpaired) electrons. The Morgan fingerprint density at radius 1 is 1.30 bits per heavy atom. The highest BCUT2D eigenvalue weighted by atomic mass is 35.5. The minimum absolute atomic E-state index is 0.0165. The van der Waals surface area contributed by atoms with Gasteiger partial charge in [-0.05, 0) is 18.1 Å². The smallest absolute Gasteiger partial charge is 0.244 e. The fourth-order valence-corrected chi connectivity index (χ4v) is 3.40. The van der Waals surface area contributed by atoms with Crippen molar-refractivity contribution in [1.29, 1.82) is 5.26 Å². The number of nitrogens with zero attached hydrogens (tertiary/aromatic N) is 2. The van der Waals surface area contributed by atoms with Gasteiger partial charge in [0.15, 0.2) is 0 Å². The Hall–Kier alpha value is -2.16. The first-order valence-corrected chi connectivity index (χ1v) is 7.81. The number of hydrogen-bond acceptors (Lipinski definition) is 4. The number of benzene rings is 1. The Morgan fingerprint density at radius 2 is 1.96 bits per heavy atom. The summed E-state index contributed by atoms with van der Waals surface area (Å²) in [6.45, 7) is 4.04. The number of nitrogens with one attached hydrogen (secondary N) is 1. The van der Waals surface area contributed by atoms with E-state index in [-0.39, 0.29) is 17.4 Å². The van der Waals surface area contributed by atoms with Crippen molar-refractivity contribution >= 4 is 23.2 Å². The number of aromatic nitrogens is 2. The van der Waals surface area contributed by atoms with Gasteiger partial charge in [-0.2, -0.15) is 5.26 Å². The number of rotatable bonds is 2. The number of halogens is 2. The maximum atomic E-state index is 9.58. The molecule has 3 N–H and O–H groups in total. The molecule has 3 rings (SSSR count). The predicted octanol–water partition coefficient (Wildman–Crippen LogP) is 4.06. The van der Waals surface area contributed by atoms with Gasteiger partial charge in [0.25, 0.3) is 0 Å². The van der Waals surface area contributed by atoms with E-state index in [1.165, 1.54) is 0 Å². The van der Waals surface area contributed by atoms with E-state index in [1.807, 2.05) is 13.8 Å². The van der Waals surface area contributed by atoms with Crippen LogP contribution in [0, 0.1) is 11.3 Å². The first-order valence-electron chi connectivity index (χ1n) is 7.05. The summed E-state index contributed by atoms with van der Waals surface area (Å²) in [5.41, 5.74) is 8.43. The molecule has 5 nitrogen and oxygen atoms in total. The number of allylic oxidation sites excluding steroid dienone is 1. The molecule has 0 saturated carbocycles. The van der Waals surface area contributed by atoms with E-state index in [0.29, 0.717) is 21.5 Å². The Kier molecular flexibility index (Phi) is 3.97. The average Bonchev–Trinajstić information content (AvgIpc) is 2.90. The standard InChI is InChI=1S/C16H14Cl2N4O/c1-7(2)14-13-11(12-9(17)4-3-5-10(12)18)8(6-19)15(20)23-16(13)22-21-14/h3-5,7,11H,20H2,1-2H3,(H,21,22). The lowest BCUT2D eigenvalue weighted by Gasteiger charge is -2.26. The van der Waals surface area contributed by atoms with Crippen LogP contribution in [0.15, 0.2) is 29.7 Å². The van der Waals surface area contributed by atoms with Crippen molar-refractivity contribution in [3.8, 4) is 11.9 Å². The maximum Gasteiger partial charge on any atom is 0.244 e. The molecule has 0 bridgehead atoms. The third-order valence-electron chi connectivity index (χ3n) is 3.83. The summed E-state index contributed by atoms with van der Waals surface area (Å²) in [7, 11) is 0. The first-order chi connectivity index (χ1) is 11.0. The fourth-order valence-electron chi connectivity index (χ4n) is 2.78. The van der Waals surface area contributed by atoms with Crippen LogP contribution in [0.3, 0.4) is 0 Å². The molecule has 1 aliphatic heterocycles. The van der Waals surface area contributed by atoms with Gasteiger partial charge in [0.1, 0.15) is 11.6 Å². The zero-order chi connectivity index (χ0) is 16.7. The monoisotopic (exact) mass is 348 g/mol. The minimum Gasteiger partial charge on any atom is -0.420 e. The molecular weight excluding hydrogens is 335 g/mol. The second-order valence-electron chi connectivity index (χ2n) is 5.57. The Bertz CT molecular complexity index is 828. The summed E-state index contributed by atoms with van der Waals surface area (Å²) >= 11 is 12.7. The molecular formula is C16H14Cl2N4O. The largest absolute Gasteiger partial charge is 0.420 e. The zero-order valence-corrected chi connectivity index (χ0v) is 14.0. The fraction of sp³-hybridized carbons (Fsp3) is 0.250. The van der Waals surface area contributed by atoms with Crippen molar-refractivity contribution in [2.24, 2.45) is 5.73 Å². The van der Waals surface area contributed by atoms with Crippen LogP contribution in [-0.4, -0.2) is 10.2 Å². The summed E-state index contributed by atoms with van der Waals surface area (Å²) in [6, 6.07) is 7.35. The topological polar surface area (TPSA) is 87.7 Å². The summed E-state index contributed by atoms with van der Waals surface area (Å²) in [5.74, 6) is 0.00737. The zero-order valence-electron chi connectivity index (χ0n) is 12.5. The van der Waals surface area contributed by atoms with Gasteiger partial charge < -0.3 is 10.5 Å². The molecule has 23 heavy (non-hydrogen) atoms. The van der Waals surface area contributed by atoms with Crippen molar-refractivity contribution in [3.05, 3.63) is 56.5 Å². The van der Waals surface area contributed by atoms with Gasteiger partial charge in [0.2, 0.25) is 11.8 Å². The molecule has 7 heteroatoms. The lowest BCUT2D eigenvalue weighted by Crippen LogP contribution is -2.22. The predicted molar refractivity (Wildman–Crippen MR) is 88.4 cm³/mol. The lowest BCUT2D eigenvalue weighted by atomic mass is 9.82. The number of nitriles is 1.